The molecule has 2 aromatic rings. The number of fused-ring (bicyclic) bond motifs is 1. The van der Waals surface area contributed by atoms with Gasteiger partial charge in [0, 0.05) is 31.7 Å². The fourth-order valence-corrected chi connectivity index (χ4v) is 5.42. The molecular weight excluding hydrogens is 482 g/mol. The Labute approximate surface area is 204 Å². The number of carbonyl (C=O) groups is 1. The number of nitrogens with one attached hydrogen (secondary N) is 1. The number of nitrogens with zero attached hydrogens (tertiary/aromatic N) is 5. The number of hydrogen-bond acceptors (Lipinski definition) is 8. The number of piperidine rings is 2. The summed E-state index contributed by atoms with van der Waals surface area (Å²) in [7, 11) is 0. The van der Waals surface area contributed by atoms with E-state index in [1.165, 1.54) is 18.6 Å². The number of nitrogens with two attached hydrogens (primary N) is 1. The number of primary amides is 1. The lowest BCUT2D eigenvalue weighted by Gasteiger charge is -2.35. The molecule has 0 radical (unpaired) electrons. The molecule has 194 valence electrons. The second-order valence-electron chi connectivity index (χ2n) is 9.79. The molecular formula is C23H27F4N7O2. The molecule has 5 atom stereocenters. The van der Waals surface area contributed by atoms with Crippen LogP contribution in [0.5, 0.6) is 0 Å². The first-order chi connectivity index (χ1) is 17.1. The molecule has 13 heteroatoms. The Morgan fingerprint density at radius 2 is 2.03 bits per heavy atom. The minimum Gasteiger partial charge on any atom is -0.391 e. The van der Waals surface area contributed by atoms with Crippen molar-refractivity contribution in [1.82, 2.24) is 19.9 Å². The van der Waals surface area contributed by atoms with Gasteiger partial charge in [0.1, 0.15) is 12.0 Å². The summed E-state index contributed by atoms with van der Waals surface area (Å²) in [6.07, 6.45) is -1.26. The lowest BCUT2D eigenvalue weighted by Crippen LogP contribution is -2.48. The van der Waals surface area contributed by atoms with Gasteiger partial charge < -0.3 is 21.1 Å². The Morgan fingerprint density at radius 3 is 2.69 bits per heavy atom. The van der Waals surface area contributed by atoms with Gasteiger partial charge in [-0.25, -0.2) is 9.97 Å². The van der Waals surface area contributed by atoms with E-state index in [2.05, 4.69) is 20.3 Å². The molecule has 2 saturated heterocycles. The number of anilines is 2. The molecule has 3 aliphatic rings. The highest BCUT2D eigenvalue weighted by Crippen LogP contribution is 2.57. The van der Waals surface area contributed by atoms with Crippen molar-refractivity contribution in [2.45, 2.75) is 31.2 Å². The fourth-order valence-electron chi connectivity index (χ4n) is 5.42. The molecule has 9 nitrogen and oxygen atoms in total. The number of rotatable bonds is 7. The molecule has 36 heavy (non-hydrogen) atoms. The smallest absolute Gasteiger partial charge is 0.391 e. The standard InChI is InChI=1S/C23H27F4N7O2/c24-19-21(30-6-12-3-4-33(9-16(12)35)10-18(28)36)31-11-32-22(19)34-8-14-5-15(14)20(34)13-1-2-17(29-7-13)23(25,26)27/h1-2,7,11-12,14-16,20,35H,3-6,8-10H2,(H2,28,36)(H,30,31,32)/t12-,14?,15?,16+,20?/m1/s1. The van der Waals surface area contributed by atoms with Crippen LogP contribution in [-0.4, -0.2) is 69.7 Å². The third kappa shape index (κ3) is 4.94. The van der Waals surface area contributed by atoms with E-state index in [0.29, 0.717) is 37.5 Å². The SMILES string of the molecule is NC(=O)CN1CC[C@H](CNc2ncnc(N3CC4CC4C3c3ccc(C(F)(F)F)nc3)c2F)[C@@H](O)C1. The largest absolute Gasteiger partial charge is 0.433 e. The van der Waals surface area contributed by atoms with E-state index < -0.39 is 29.7 Å². The minimum absolute atomic E-state index is 0.00312. The molecule has 2 aromatic heterocycles. The van der Waals surface area contributed by atoms with Crippen LogP contribution in [-0.2, 0) is 11.0 Å². The summed E-state index contributed by atoms with van der Waals surface area (Å²) < 4.78 is 54.3. The average molecular weight is 510 g/mol. The van der Waals surface area contributed by atoms with Gasteiger partial charge in [0.2, 0.25) is 11.7 Å². The van der Waals surface area contributed by atoms with Crippen LogP contribution < -0.4 is 16.0 Å². The molecule has 3 fully saturated rings. The molecule has 0 spiro atoms. The first kappa shape index (κ1) is 24.6. The van der Waals surface area contributed by atoms with Crippen molar-refractivity contribution in [2.75, 3.05) is 42.9 Å². The molecule has 0 aromatic carbocycles. The van der Waals surface area contributed by atoms with Crippen molar-refractivity contribution in [3.05, 3.63) is 41.7 Å². The van der Waals surface area contributed by atoms with Gasteiger partial charge in [0.25, 0.3) is 0 Å². The van der Waals surface area contributed by atoms with Crippen LogP contribution in [0.3, 0.4) is 0 Å². The summed E-state index contributed by atoms with van der Waals surface area (Å²) in [5, 5.41) is 13.4. The highest BCUT2D eigenvalue weighted by molar-refractivity contribution is 5.75. The maximum Gasteiger partial charge on any atom is 0.433 e. The van der Waals surface area contributed by atoms with E-state index in [1.807, 2.05) is 0 Å². The van der Waals surface area contributed by atoms with E-state index >= 15 is 4.39 Å². The van der Waals surface area contributed by atoms with Gasteiger partial charge in [0.05, 0.1) is 18.7 Å². The summed E-state index contributed by atoms with van der Waals surface area (Å²) in [5.74, 6) is -0.669. The average Bonchev–Trinajstić information content (AvgIpc) is 3.48. The van der Waals surface area contributed by atoms with Crippen LogP contribution in [0.2, 0.25) is 0 Å². The topological polar surface area (TPSA) is 120 Å². The number of β-amino-alcohol motifs (C(OH)–C–C–N with tert-alkyl or cyclic N) is 1. The van der Waals surface area contributed by atoms with Gasteiger partial charge in [-0.2, -0.15) is 17.6 Å². The summed E-state index contributed by atoms with van der Waals surface area (Å²) in [6.45, 7) is 1.78. The Balaban J connectivity index is 1.28. The van der Waals surface area contributed by atoms with Crippen LogP contribution in [0.15, 0.2) is 24.7 Å². The van der Waals surface area contributed by atoms with Crippen LogP contribution in [0.1, 0.15) is 30.1 Å². The van der Waals surface area contributed by atoms with Gasteiger partial charge >= 0.3 is 6.18 Å². The zero-order valence-electron chi connectivity index (χ0n) is 19.3. The van der Waals surface area contributed by atoms with Crippen molar-refractivity contribution in [1.29, 1.82) is 0 Å². The first-order valence-electron chi connectivity index (χ1n) is 11.8. The van der Waals surface area contributed by atoms with Crippen LogP contribution in [0.4, 0.5) is 29.2 Å². The molecule has 1 amide bonds. The second kappa shape index (κ2) is 9.43. The summed E-state index contributed by atoms with van der Waals surface area (Å²) in [5.41, 5.74) is 4.84. The number of halogens is 4. The van der Waals surface area contributed by atoms with Crippen LogP contribution in [0.25, 0.3) is 0 Å². The number of pyridine rings is 1. The summed E-state index contributed by atoms with van der Waals surface area (Å²) >= 11 is 0. The molecule has 3 unspecified atom stereocenters. The summed E-state index contributed by atoms with van der Waals surface area (Å²) in [4.78, 5) is 26.4. The molecule has 0 bridgehead atoms. The van der Waals surface area contributed by atoms with Crippen molar-refractivity contribution < 1.29 is 27.5 Å². The lowest BCUT2D eigenvalue weighted by atomic mass is 9.93. The monoisotopic (exact) mass is 509 g/mol. The number of aliphatic hydroxyl groups is 1. The Kier molecular flexibility index (Phi) is 6.45. The van der Waals surface area contributed by atoms with Crippen LogP contribution >= 0.6 is 0 Å². The third-order valence-electron chi connectivity index (χ3n) is 7.33. The maximum atomic E-state index is 15.5. The molecule has 4 heterocycles. The maximum absolute atomic E-state index is 15.5. The van der Waals surface area contributed by atoms with Gasteiger partial charge in [-0.15, -0.1) is 0 Å². The molecule has 4 N–H and O–H groups in total. The third-order valence-corrected chi connectivity index (χ3v) is 7.33. The zero-order valence-corrected chi connectivity index (χ0v) is 19.3. The van der Waals surface area contributed by atoms with E-state index in [9.17, 15) is 23.1 Å². The van der Waals surface area contributed by atoms with Crippen molar-refractivity contribution in [3.8, 4) is 0 Å². The predicted molar refractivity (Wildman–Crippen MR) is 121 cm³/mol. The molecule has 2 aliphatic heterocycles. The number of aliphatic hydroxyl groups excluding tert-OH is 1. The van der Waals surface area contributed by atoms with Gasteiger partial charge in [-0.1, -0.05) is 6.07 Å². The number of carbonyl (C=O) groups excluding carboxylic acids is 1. The Morgan fingerprint density at radius 1 is 1.22 bits per heavy atom. The van der Waals surface area contributed by atoms with Gasteiger partial charge in [0.15, 0.2) is 11.6 Å². The van der Waals surface area contributed by atoms with Crippen molar-refractivity contribution >= 4 is 17.5 Å². The fraction of sp³-hybridized carbons (Fsp3) is 0.565. The number of hydrogen-bond donors (Lipinski definition) is 3. The van der Waals surface area contributed by atoms with Gasteiger partial charge in [-0.3, -0.25) is 14.7 Å². The van der Waals surface area contributed by atoms with Crippen molar-refractivity contribution in [2.24, 2.45) is 23.5 Å². The molecule has 1 saturated carbocycles. The minimum atomic E-state index is -4.53. The number of amides is 1. The highest BCUT2D eigenvalue weighted by Gasteiger charge is 2.54. The summed E-state index contributed by atoms with van der Waals surface area (Å²) in [6, 6.07) is 2.03. The lowest BCUT2D eigenvalue weighted by molar-refractivity contribution is -0.141. The quantitative estimate of drug-likeness (QED) is 0.484. The predicted octanol–water partition coefficient (Wildman–Crippen LogP) is 1.81. The normalized spacial score (nSPS) is 28.1. The zero-order chi connectivity index (χ0) is 25.6. The molecule has 1 aliphatic carbocycles. The van der Waals surface area contributed by atoms with E-state index in [1.54, 1.807) is 9.80 Å². The van der Waals surface area contributed by atoms with E-state index in [0.717, 1.165) is 12.5 Å². The second-order valence-corrected chi connectivity index (χ2v) is 9.79. The number of likely N-dealkylation sites (tertiary alicyclic amines) is 1. The Bertz CT molecular complexity index is 1120. The first-order valence-corrected chi connectivity index (χ1v) is 11.8. The van der Waals surface area contributed by atoms with Gasteiger partial charge in [-0.05, 0) is 42.9 Å². The number of alkyl halides is 3. The Hall–Kier alpha value is -3.06. The van der Waals surface area contributed by atoms with Crippen LogP contribution in [0, 0.1) is 23.6 Å². The van der Waals surface area contributed by atoms with E-state index in [4.69, 9.17) is 5.73 Å². The molecule has 5 rings (SSSR count). The van der Waals surface area contributed by atoms with E-state index in [-0.39, 0.29) is 42.6 Å². The number of aromatic nitrogens is 3. The highest BCUT2D eigenvalue weighted by atomic mass is 19.4. The van der Waals surface area contributed by atoms with Crippen molar-refractivity contribution in [3.63, 3.8) is 0 Å².